The van der Waals surface area contributed by atoms with Crippen LogP contribution in [0.2, 0.25) is 0 Å². The second-order valence-corrected chi connectivity index (χ2v) is 10.7. The maximum atomic E-state index is 13.4. The second kappa shape index (κ2) is 8.45. The number of carbonyl (C=O) groups excluding carboxylic acids is 1. The Bertz CT molecular complexity index is 1160. The average Bonchev–Trinajstić information content (AvgIpc) is 3.42. The van der Waals surface area contributed by atoms with E-state index < -0.39 is 9.84 Å². The Morgan fingerprint density at radius 3 is 2.63 bits per heavy atom. The zero-order valence-electron chi connectivity index (χ0n) is 17.0. The summed E-state index contributed by atoms with van der Waals surface area (Å²) >= 11 is 1.48. The van der Waals surface area contributed by atoms with Crippen molar-refractivity contribution in [3.8, 4) is 0 Å². The molecule has 1 aromatic heterocycles. The van der Waals surface area contributed by atoms with E-state index in [2.05, 4.69) is 0 Å². The molecule has 8 heteroatoms. The van der Waals surface area contributed by atoms with Gasteiger partial charge in [0, 0.05) is 12.2 Å². The highest BCUT2D eigenvalue weighted by Gasteiger charge is 2.27. The fourth-order valence-corrected chi connectivity index (χ4v) is 5.49. The third-order valence-electron chi connectivity index (χ3n) is 5.34. The number of carbonyl (C=O) groups is 1. The zero-order chi connectivity index (χ0) is 21.3. The molecule has 0 bridgehead atoms. The van der Waals surface area contributed by atoms with Gasteiger partial charge >= 0.3 is 0 Å². The summed E-state index contributed by atoms with van der Waals surface area (Å²) in [6.07, 6.45) is 1.86. The van der Waals surface area contributed by atoms with E-state index in [1.54, 1.807) is 24.0 Å². The molecule has 1 aliphatic heterocycles. The van der Waals surface area contributed by atoms with Crippen molar-refractivity contribution in [3.63, 3.8) is 0 Å². The van der Waals surface area contributed by atoms with E-state index in [0.717, 1.165) is 28.6 Å². The lowest BCUT2D eigenvalue weighted by Crippen LogP contribution is -2.37. The first-order valence-corrected chi connectivity index (χ1v) is 12.5. The van der Waals surface area contributed by atoms with Gasteiger partial charge in [-0.2, -0.15) is 0 Å². The SMILES string of the molecule is CCS(=O)(=O)c1ccc(C(=O)N(CC2CCCO2)c2nc3c(C)cccc3s2)cc1. The van der Waals surface area contributed by atoms with Crippen LogP contribution in [0.3, 0.4) is 0 Å². The maximum Gasteiger partial charge on any atom is 0.260 e. The Kier molecular flexibility index (Phi) is 5.90. The monoisotopic (exact) mass is 444 g/mol. The fraction of sp³-hybridized carbons (Fsp3) is 0.364. The second-order valence-electron chi connectivity index (χ2n) is 7.40. The summed E-state index contributed by atoms with van der Waals surface area (Å²) < 4.78 is 31.0. The molecule has 1 fully saturated rings. The topological polar surface area (TPSA) is 76.6 Å². The molecule has 0 N–H and O–H groups in total. The highest BCUT2D eigenvalue weighted by atomic mass is 32.2. The van der Waals surface area contributed by atoms with E-state index in [4.69, 9.17) is 9.72 Å². The Hall–Kier alpha value is -2.29. The standard InChI is InChI=1S/C22H24N2O4S2/c1-3-30(26,27)18-11-9-16(10-12-18)21(25)24(14-17-7-5-13-28-17)22-23-20-15(2)6-4-8-19(20)29-22/h4,6,8-12,17H,3,5,7,13-14H2,1-2H3. The average molecular weight is 445 g/mol. The molecule has 3 aromatic rings. The molecule has 30 heavy (non-hydrogen) atoms. The number of nitrogens with zero attached hydrogens (tertiary/aromatic N) is 2. The molecule has 2 aromatic carbocycles. The molecule has 0 spiro atoms. The first-order chi connectivity index (χ1) is 14.4. The predicted molar refractivity (Wildman–Crippen MR) is 119 cm³/mol. The molecule has 2 heterocycles. The van der Waals surface area contributed by atoms with Crippen molar-refractivity contribution < 1.29 is 17.9 Å². The highest BCUT2D eigenvalue weighted by Crippen LogP contribution is 2.32. The number of hydrogen-bond acceptors (Lipinski definition) is 6. The van der Waals surface area contributed by atoms with Crippen molar-refractivity contribution in [2.45, 2.75) is 37.7 Å². The van der Waals surface area contributed by atoms with Crippen LogP contribution in [0.5, 0.6) is 0 Å². The van der Waals surface area contributed by atoms with Crippen molar-refractivity contribution in [2.75, 3.05) is 23.8 Å². The van der Waals surface area contributed by atoms with Crippen LogP contribution in [0.25, 0.3) is 10.2 Å². The minimum absolute atomic E-state index is 0.0243. The lowest BCUT2D eigenvalue weighted by Gasteiger charge is -2.23. The highest BCUT2D eigenvalue weighted by molar-refractivity contribution is 7.91. The Labute approximate surface area is 180 Å². The van der Waals surface area contributed by atoms with Crippen LogP contribution >= 0.6 is 11.3 Å². The van der Waals surface area contributed by atoms with E-state index in [1.807, 2.05) is 25.1 Å². The van der Waals surface area contributed by atoms with Gasteiger partial charge < -0.3 is 4.74 Å². The molecule has 1 unspecified atom stereocenters. The van der Waals surface area contributed by atoms with Crippen molar-refractivity contribution in [1.29, 1.82) is 0 Å². The van der Waals surface area contributed by atoms with Crippen molar-refractivity contribution in [2.24, 2.45) is 0 Å². The van der Waals surface area contributed by atoms with Gasteiger partial charge in [-0.1, -0.05) is 30.4 Å². The molecule has 4 rings (SSSR count). The van der Waals surface area contributed by atoms with Crippen molar-refractivity contribution in [3.05, 3.63) is 53.6 Å². The molecule has 0 saturated carbocycles. The normalized spacial score (nSPS) is 16.8. The number of amides is 1. The van der Waals surface area contributed by atoms with Gasteiger partial charge in [0.15, 0.2) is 15.0 Å². The number of thiazole rings is 1. The Morgan fingerprint density at radius 1 is 1.23 bits per heavy atom. The van der Waals surface area contributed by atoms with Crippen LogP contribution < -0.4 is 4.90 Å². The number of ether oxygens (including phenoxy) is 1. The van der Waals surface area contributed by atoms with Gasteiger partial charge in [0.05, 0.1) is 33.5 Å². The summed E-state index contributed by atoms with van der Waals surface area (Å²) in [5.74, 6) is -0.182. The van der Waals surface area contributed by atoms with Crippen LogP contribution in [-0.2, 0) is 14.6 Å². The maximum absolute atomic E-state index is 13.4. The number of aryl methyl sites for hydroxylation is 1. The van der Waals surface area contributed by atoms with E-state index in [1.165, 1.54) is 23.5 Å². The molecule has 6 nitrogen and oxygen atoms in total. The molecule has 1 aliphatic rings. The van der Waals surface area contributed by atoms with E-state index >= 15 is 0 Å². The minimum atomic E-state index is -3.31. The number of fused-ring (bicyclic) bond motifs is 1. The quantitative estimate of drug-likeness (QED) is 0.569. The Balaban J connectivity index is 1.69. The number of aromatic nitrogens is 1. The van der Waals surface area contributed by atoms with Gasteiger partial charge in [-0.25, -0.2) is 13.4 Å². The van der Waals surface area contributed by atoms with Crippen LogP contribution in [0.15, 0.2) is 47.4 Å². The summed E-state index contributed by atoms with van der Waals surface area (Å²) in [5.41, 5.74) is 2.39. The smallest absolute Gasteiger partial charge is 0.260 e. The summed E-state index contributed by atoms with van der Waals surface area (Å²) in [7, 11) is -3.31. The summed E-state index contributed by atoms with van der Waals surface area (Å²) in [6.45, 7) is 4.74. The summed E-state index contributed by atoms with van der Waals surface area (Å²) in [5, 5.41) is 0.630. The number of para-hydroxylation sites is 1. The largest absolute Gasteiger partial charge is 0.376 e. The van der Waals surface area contributed by atoms with Gasteiger partial charge in [0.2, 0.25) is 0 Å². The number of rotatable bonds is 6. The first-order valence-electron chi connectivity index (χ1n) is 10.0. The lowest BCUT2D eigenvalue weighted by atomic mass is 10.2. The molecular weight excluding hydrogens is 420 g/mol. The predicted octanol–water partition coefficient (Wildman–Crippen LogP) is 4.22. The van der Waals surface area contributed by atoms with Crippen molar-refractivity contribution >= 4 is 42.4 Å². The van der Waals surface area contributed by atoms with E-state index in [9.17, 15) is 13.2 Å². The van der Waals surface area contributed by atoms with E-state index in [0.29, 0.717) is 23.8 Å². The molecule has 1 atom stereocenters. The number of anilines is 1. The third kappa shape index (κ3) is 4.12. The summed E-state index contributed by atoms with van der Waals surface area (Å²) in [4.78, 5) is 20.1. The number of hydrogen-bond donors (Lipinski definition) is 0. The molecule has 0 radical (unpaired) electrons. The van der Waals surface area contributed by atoms with E-state index in [-0.39, 0.29) is 22.7 Å². The van der Waals surface area contributed by atoms with Gasteiger partial charge in [0.1, 0.15) is 0 Å². The summed E-state index contributed by atoms with van der Waals surface area (Å²) in [6, 6.07) is 12.1. The van der Waals surface area contributed by atoms with Gasteiger partial charge in [0.25, 0.3) is 5.91 Å². The third-order valence-corrected chi connectivity index (χ3v) is 8.13. The zero-order valence-corrected chi connectivity index (χ0v) is 18.6. The van der Waals surface area contributed by atoms with Crippen LogP contribution in [0, 0.1) is 6.92 Å². The van der Waals surface area contributed by atoms with Crippen LogP contribution in [0.4, 0.5) is 5.13 Å². The van der Waals surface area contributed by atoms with Crippen LogP contribution in [-0.4, -0.2) is 44.3 Å². The fourth-order valence-electron chi connectivity index (χ4n) is 3.56. The molecule has 158 valence electrons. The minimum Gasteiger partial charge on any atom is -0.376 e. The number of benzene rings is 2. The molecular formula is C22H24N2O4S2. The molecule has 0 aliphatic carbocycles. The van der Waals surface area contributed by atoms with Gasteiger partial charge in [-0.3, -0.25) is 9.69 Å². The molecule has 1 amide bonds. The van der Waals surface area contributed by atoms with Gasteiger partial charge in [-0.05, 0) is 55.7 Å². The lowest BCUT2D eigenvalue weighted by molar-refractivity contribution is 0.0917. The number of sulfone groups is 1. The first kappa shape index (κ1) is 21.0. The Morgan fingerprint density at radius 2 is 2.00 bits per heavy atom. The van der Waals surface area contributed by atoms with Gasteiger partial charge in [-0.15, -0.1) is 0 Å². The van der Waals surface area contributed by atoms with Crippen LogP contribution in [0.1, 0.15) is 35.7 Å². The molecule has 1 saturated heterocycles. The van der Waals surface area contributed by atoms with Crippen molar-refractivity contribution in [1.82, 2.24) is 4.98 Å².